The molecule has 2 aromatic heterocycles. The van der Waals surface area contributed by atoms with Gasteiger partial charge in [-0.1, -0.05) is 31.8 Å². The molecule has 1 saturated heterocycles. The van der Waals surface area contributed by atoms with Gasteiger partial charge in [-0.15, -0.1) is 10.2 Å². The summed E-state index contributed by atoms with van der Waals surface area (Å²) in [5.41, 5.74) is 4.13. The molecule has 1 saturated carbocycles. The molecule has 1 N–H and O–H groups in total. The third-order valence-corrected chi connectivity index (χ3v) is 8.89. The zero-order chi connectivity index (χ0) is 27.2. The summed E-state index contributed by atoms with van der Waals surface area (Å²) in [6.45, 7) is 15.1. The average Bonchev–Trinajstić information content (AvgIpc) is 3.57. The Morgan fingerprint density at radius 2 is 1.82 bits per heavy atom. The highest BCUT2D eigenvalue weighted by atomic mass is 28.3. The van der Waals surface area contributed by atoms with Crippen LogP contribution in [0.2, 0.25) is 25.7 Å². The summed E-state index contributed by atoms with van der Waals surface area (Å²) in [4.78, 5) is 14.5. The number of carbonyl (C=O) groups is 1. The third-order valence-electron chi connectivity index (χ3n) is 7.19. The summed E-state index contributed by atoms with van der Waals surface area (Å²) in [5, 5.41) is 20.7. The quantitative estimate of drug-likeness (QED) is 0.267. The fourth-order valence-electron chi connectivity index (χ4n) is 5.04. The second-order valence-corrected chi connectivity index (χ2v) is 18.5. The number of hydrogen-bond acceptors (Lipinski definition) is 6. The molecule has 0 atom stereocenters. The van der Waals surface area contributed by atoms with Crippen molar-refractivity contribution in [3.63, 3.8) is 0 Å². The number of amides is 1. The molecule has 0 unspecified atom stereocenters. The molecule has 0 radical (unpaired) electrons. The normalized spacial score (nSPS) is 16.6. The van der Waals surface area contributed by atoms with E-state index < -0.39 is 13.7 Å². The number of carbonyl (C=O) groups excluding carboxylic acids is 1. The van der Waals surface area contributed by atoms with Gasteiger partial charge in [0.05, 0.1) is 5.69 Å². The molecule has 1 aromatic carbocycles. The van der Waals surface area contributed by atoms with Crippen molar-refractivity contribution in [3.05, 3.63) is 41.6 Å². The van der Waals surface area contributed by atoms with Gasteiger partial charge >= 0.3 is 6.09 Å². The summed E-state index contributed by atoms with van der Waals surface area (Å²) >= 11 is 0. The van der Waals surface area contributed by atoms with Crippen molar-refractivity contribution in [2.45, 2.75) is 83.5 Å². The summed E-state index contributed by atoms with van der Waals surface area (Å²) in [6, 6.07) is 10.4. The van der Waals surface area contributed by atoms with Gasteiger partial charge in [0.25, 0.3) is 0 Å². The minimum atomic E-state index is -1.22. The van der Waals surface area contributed by atoms with Gasteiger partial charge in [-0.3, -0.25) is 0 Å². The van der Waals surface area contributed by atoms with E-state index in [1.54, 1.807) is 17.0 Å². The maximum atomic E-state index is 12.7. The Morgan fingerprint density at radius 1 is 1.11 bits per heavy atom. The summed E-state index contributed by atoms with van der Waals surface area (Å²) in [6.07, 6.45) is 2.01. The Hall–Kier alpha value is -2.91. The number of benzene rings is 1. The van der Waals surface area contributed by atoms with Crippen molar-refractivity contribution in [2.75, 3.05) is 19.7 Å². The smallest absolute Gasteiger partial charge is 0.410 e. The lowest BCUT2D eigenvalue weighted by molar-refractivity contribution is 0.00675. The highest BCUT2D eigenvalue weighted by Crippen LogP contribution is 2.49. The van der Waals surface area contributed by atoms with Crippen molar-refractivity contribution >= 4 is 25.2 Å². The lowest BCUT2D eigenvalue weighted by Gasteiger charge is -2.40. The van der Waals surface area contributed by atoms with E-state index in [-0.39, 0.29) is 17.8 Å². The molecule has 38 heavy (non-hydrogen) atoms. The fourth-order valence-corrected chi connectivity index (χ4v) is 5.79. The molecule has 8 nitrogen and oxygen atoms in total. The van der Waals surface area contributed by atoms with Crippen LogP contribution in [-0.4, -0.2) is 64.2 Å². The summed E-state index contributed by atoms with van der Waals surface area (Å²) in [7, 11) is -1.22. The van der Waals surface area contributed by atoms with Crippen LogP contribution in [0.1, 0.15) is 56.7 Å². The van der Waals surface area contributed by atoms with Crippen LogP contribution in [0.3, 0.4) is 0 Å². The number of phenolic OH excluding ortho intramolecular Hbond substituents is 1. The molecule has 2 aliphatic rings. The van der Waals surface area contributed by atoms with E-state index in [1.165, 1.54) is 11.3 Å². The van der Waals surface area contributed by atoms with E-state index in [1.807, 2.05) is 32.9 Å². The third kappa shape index (κ3) is 5.73. The Labute approximate surface area is 226 Å². The molecule has 3 aromatic rings. The number of aromatic nitrogens is 3. The van der Waals surface area contributed by atoms with E-state index in [0.29, 0.717) is 43.6 Å². The van der Waals surface area contributed by atoms with E-state index >= 15 is 0 Å². The lowest BCUT2D eigenvalue weighted by atomic mass is 9.91. The standard InChI is InChI=1S/C29H40N4O4Si/c1-29(2,3)37-28(35)32-16-20(17-32)26-25(19-11-12-19)22-15-23(21-9-7-8-10-24(21)34)30-31-27(22)33(26)18-36-13-14-38(4,5)6/h7-10,15,19-20,34H,11-14,16-18H2,1-6H3. The van der Waals surface area contributed by atoms with Crippen molar-refractivity contribution in [1.29, 1.82) is 0 Å². The van der Waals surface area contributed by atoms with Crippen LogP contribution in [0.15, 0.2) is 30.3 Å². The van der Waals surface area contributed by atoms with Crippen molar-refractivity contribution in [1.82, 2.24) is 19.7 Å². The number of aromatic hydroxyl groups is 1. The number of fused-ring (bicyclic) bond motifs is 1. The molecule has 2 fully saturated rings. The molecule has 204 valence electrons. The van der Waals surface area contributed by atoms with Crippen molar-refractivity contribution < 1.29 is 19.4 Å². The first-order chi connectivity index (χ1) is 17.9. The highest BCUT2D eigenvalue weighted by Gasteiger charge is 2.41. The molecule has 3 heterocycles. The van der Waals surface area contributed by atoms with Crippen molar-refractivity contribution in [2.24, 2.45) is 0 Å². The van der Waals surface area contributed by atoms with Crippen LogP contribution in [0, 0.1) is 0 Å². The van der Waals surface area contributed by atoms with E-state index in [9.17, 15) is 9.90 Å². The molecule has 0 bridgehead atoms. The molecular weight excluding hydrogens is 496 g/mol. The van der Waals surface area contributed by atoms with Gasteiger partial charge in [0.2, 0.25) is 0 Å². The Morgan fingerprint density at radius 3 is 2.45 bits per heavy atom. The number of ether oxygens (including phenoxy) is 2. The monoisotopic (exact) mass is 536 g/mol. The van der Waals surface area contributed by atoms with Gasteiger partial charge < -0.3 is 24.0 Å². The van der Waals surface area contributed by atoms with E-state index in [4.69, 9.17) is 9.47 Å². The number of phenols is 1. The topological polar surface area (TPSA) is 89.7 Å². The predicted molar refractivity (Wildman–Crippen MR) is 151 cm³/mol. The first-order valence-electron chi connectivity index (χ1n) is 13.6. The first-order valence-corrected chi connectivity index (χ1v) is 17.4. The van der Waals surface area contributed by atoms with Crippen LogP contribution in [0.5, 0.6) is 5.75 Å². The Bertz CT molecular complexity index is 1330. The molecule has 1 aliphatic heterocycles. The maximum Gasteiger partial charge on any atom is 0.410 e. The largest absolute Gasteiger partial charge is 0.507 e. The Kier molecular flexibility index (Phi) is 7.02. The first kappa shape index (κ1) is 26.7. The summed E-state index contributed by atoms with van der Waals surface area (Å²) < 4.78 is 14.0. The van der Waals surface area contributed by atoms with Gasteiger partial charge in [-0.05, 0) is 69.3 Å². The van der Waals surface area contributed by atoms with E-state index in [0.717, 1.165) is 29.9 Å². The molecule has 0 spiro atoms. The second-order valence-electron chi connectivity index (χ2n) is 12.9. The van der Waals surface area contributed by atoms with Crippen LogP contribution >= 0.6 is 0 Å². The number of likely N-dealkylation sites (tertiary alicyclic amines) is 1. The highest BCUT2D eigenvalue weighted by molar-refractivity contribution is 6.76. The van der Waals surface area contributed by atoms with Crippen LogP contribution in [-0.2, 0) is 16.2 Å². The minimum absolute atomic E-state index is 0.182. The van der Waals surface area contributed by atoms with Crippen LogP contribution < -0.4 is 0 Å². The SMILES string of the molecule is CC(C)(C)OC(=O)N1CC(c2c(C3CC3)c3cc(-c4ccccc4O)nnc3n2COCC[Si](C)(C)C)C1. The number of rotatable bonds is 8. The molecule has 1 amide bonds. The van der Waals surface area contributed by atoms with Crippen LogP contribution in [0.4, 0.5) is 4.79 Å². The van der Waals surface area contributed by atoms with Gasteiger partial charge in [-0.2, -0.15) is 0 Å². The molecular formula is C29H40N4O4Si. The molecule has 9 heteroatoms. The van der Waals surface area contributed by atoms with Gasteiger partial charge in [0.1, 0.15) is 18.1 Å². The van der Waals surface area contributed by atoms with Gasteiger partial charge in [0.15, 0.2) is 5.65 Å². The molecule has 1 aliphatic carbocycles. The number of nitrogens with zero attached hydrogens (tertiary/aromatic N) is 4. The summed E-state index contributed by atoms with van der Waals surface area (Å²) in [5.74, 6) is 0.838. The van der Waals surface area contributed by atoms with Gasteiger partial charge in [-0.25, -0.2) is 4.79 Å². The zero-order valence-electron chi connectivity index (χ0n) is 23.5. The second kappa shape index (κ2) is 10.0. The van der Waals surface area contributed by atoms with E-state index in [2.05, 4.69) is 40.5 Å². The average molecular weight is 537 g/mol. The fraction of sp³-hybridized carbons (Fsp3) is 0.552. The zero-order valence-corrected chi connectivity index (χ0v) is 24.5. The van der Waals surface area contributed by atoms with Crippen molar-refractivity contribution in [3.8, 4) is 17.0 Å². The lowest BCUT2D eigenvalue weighted by Crippen LogP contribution is -2.51. The van der Waals surface area contributed by atoms with Crippen LogP contribution in [0.25, 0.3) is 22.3 Å². The Balaban J connectivity index is 1.51. The maximum absolute atomic E-state index is 12.7. The minimum Gasteiger partial charge on any atom is -0.507 e. The van der Waals surface area contributed by atoms with Gasteiger partial charge in [0, 0.05) is 50.3 Å². The molecule has 5 rings (SSSR count). The predicted octanol–water partition coefficient (Wildman–Crippen LogP) is 6.33. The number of para-hydroxylation sites is 1. The number of hydrogen-bond donors (Lipinski definition) is 1.